The molecular weight excluding hydrogens is 456 g/mol. The van der Waals surface area contributed by atoms with Crippen molar-refractivity contribution < 1.29 is 27.5 Å². The maximum atomic E-state index is 13.1. The van der Waals surface area contributed by atoms with Crippen LogP contribution in [0.2, 0.25) is 5.02 Å². The molecule has 0 bridgehead atoms. The third-order valence-electron chi connectivity index (χ3n) is 5.10. The predicted molar refractivity (Wildman–Crippen MR) is 122 cm³/mol. The van der Waals surface area contributed by atoms with Crippen LogP contribution >= 0.6 is 11.6 Å². The number of nitrogens with one attached hydrogen (secondary N) is 1. The molecule has 2 aromatic carbocycles. The Balaban J connectivity index is 1.85. The molecule has 0 atom stereocenters. The number of aryl methyl sites for hydroxylation is 1. The largest absolute Gasteiger partial charge is 0.495 e. The number of halogens is 1. The lowest BCUT2D eigenvalue weighted by Crippen LogP contribution is -2.38. The third-order valence-corrected chi connectivity index (χ3v) is 7.32. The summed E-state index contributed by atoms with van der Waals surface area (Å²) in [6.45, 7) is 2.73. The molecule has 0 fully saturated rings. The van der Waals surface area contributed by atoms with E-state index >= 15 is 0 Å². The summed E-state index contributed by atoms with van der Waals surface area (Å²) in [5, 5.41) is 2.77. The average Bonchev–Trinajstić information content (AvgIpc) is 2.93. The van der Waals surface area contributed by atoms with Gasteiger partial charge in [0.2, 0.25) is 5.91 Å². The minimum atomic E-state index is -4.20. The second-order valence-corrected chi connectivity index (χ2v) is 9.26. The number of methoxy groups -OCH3 is 2. The van der Waals surface area contributed by atoms with Gasteiger partial charge in [-0.05, 0) is 30.5 Å². The second-order valence-electron chi connectivity index (χ2n) is 7.06. The molecule has 2 amide bonds. The lowest BCUT2D eigenvalue weighted by molar-refractivity contribution is -0.126. The van der Waals surface area contributed by atoms with E-state index in [0.717, 1.165) is 12.0 Å². The van der Waals surface area contributed by atoms with Gasteiger partial charge in [-0.1, -0.05) is 42.8 Å². The highest BCUT2D eigenvalue weighted by Crippen LogP contribution is 2.37. The Morgan fingerprint density at radius 2 is 1.72 bits per heavy atom. The smallest absolute Gasteiger partial charge is 0.268 e. The molecule has 2 aromatic rings. The van der Waals surface area contributed by atoms with Gasteiger partial charge in [-0.2, -0.15) is 0 Å². The summed E-state index contributed by atoms with van der Waals surface area (Å²) in [4.78, 5) is 25.3. The molecule has 0 aromatic heterocycles. The highest BCUT2D eigenvalue weighted by atomic mass is 35.5. The van der Waals surface area contributed by atoms with E-state index < -0.39 is 28.4 Å². The molecule has 1 aliphatic heterocycles. The SMILES string of the molecule is CCc1ccc(C2=C(C)C(=O)N(CC(=O)Nc3cc(Cl)c(OC)cc3OC)S2(=O)=O)cc1. The van der Waals surface area contributed by atoms with E-state index in [-0.39, 0.29) is 26.9 Å². The van der Waals surface area contributed by atoms with Gasteiger partial charge in [-0.15, -0.1) is 0 Å². The van der Waals surface area contributed by atoms with Crippen molar-refractivity contribution in [2.24, 2.45) is 0 Å². The van der Waals surface area contributed by atoms with Crippen molar-refractivity contribution in [1.82, 2.24) is 4.31 Å². The van der Waals surface area contributed by atoms with Crippen LogP contribution in [0.5, 0.6) is 11.5 Å². The molecule has 1 heterocycles. The molecule has 3 rings (SSSR count). The summed E-state index contributed by atoms with van der Waals surface area (Å²) in [5.41, 5.74) is 1.72. The molecule has 32 heavy (non-hydrogen) atoms. The Morgan fingerprint density at radius 1 is 1.09 bits per heavy atom. The fourth-order valence-electron chi connectivity index (χ4n) is 3.39. The van der Waals surface area contributed by atoms with Crippen LogP contribution in [-0.4, -0.2) is 45.3 Å². The molecule has 0 radical (unpaired) electrons. The summed E-state index contributed by atoms with van der Waals surface area (Å²) in [6.07, 6.45) is 0.801. The van der Waals surface area contributed by atoms with E-state index in [9.17, 15) is 18.0 Å². The van der Waals surface area contributed by atoms with Crippen LogP contribution in [0.25, 0.3) is 4.91 Å². The van der Waals surface area contributed by atoms with Crippen molar-refractivity contribution in [2.75, 3.05) is 26.1 Å². The number of ether oxygens (including phenoxy) is 2. The van der Waals surface area contributed by atoms with Crippen LogP contribution in [0.15, 0.2) is 42.0 Å². The van der Waals surface area contributed by atoms with Gasteiger partial charge in [-0.3, -0.25) is 9.59 Å². The first-order valence-electron chi connectivity index (χ1n) is 9.72. The van der Waals surface area contributed by atoms with E-state index in [0.29, 0.717) is 15.6 Å². The van der Waals surface area contributed by atoms with Gasteiger partial charge in [0.05, 0.1) is 24.9 Å². The summed E-state index contributed by atoms with van der Waals surface area (Å²) in [7, 11) is -1.36. The molecule has 0 saturated carbocycles. The van der Waals surface area contributed by atoms with Crippen LogP contribution in [0.4, 0.5) is 5.69 Å². The molecule has 0 saturated heterocycles. The molecular formula is C22H23ClN2O6S. The number of carbonyl (C=O) groups is 2. The lowest BCUT2D eigenvalue weighted by atomic mass is 10.1. The molecule has 1 N–H and O–H groups in total. The summed E-state index contributed by atoms with van der Waals surface area (Å²) in [6, 6.07) is 9.85. The predicted octanol–water partition coefficient (Wildman–Crippen LogP) is 3.46. The Kier molecular flexibility index (Phi) is 6.80. The van der Waals surface area contributed by atoms with Crippen molar-refractivity contribution in [3.8, 4) is 11.5 Å². The van der Waals surface area contributed by atoms with Crippen LogP contribution in [0.3, 0.4) is 0 Å². The van der Waals surface area contributed by atoms with Crippen molar-refractivity contribution in [1.29, 1.82) is 0 Å². The Hall–Kier alpha value is -3.04. The van der Waals surface area contributed by atoms with Crippen LogP contribution < -0.4 is 14.8 Å². The molecule has 0 aliphatic carbocycles. The number of nitrogens with zero attached hydrogens (tertiary/aromatic N) is 1. The first kappa shape index (κ1) is 23.6. The summed E-state index contributed by atoms with van der Waals surface area (Å²) < 4.78 is 37.2. The quantitative estimate of drug-likeness (QED) is 0.653. The second kappa shape index (κ2) is 9.22. The number of amides is 2. The van der Waals surface area contributed by atoms with Crippen molar-refractivity contribution in [2.45, 2.75) is 20.3 Å². The monoisotopic (exact) mass is 478 g/mol. The maximum absolute atomic E-state index is 13.1. The molecule has 0 spiro atoms. The molecule has 10 heteroatoms. The summed E-state index contributed by atoms with van der Waals surface area (Å²) in [5.74, 6) is -0.857. The third kappa shape index (κ3) is 4.31. The van der Waals surface area contributed by atoms with Crippen LogP contribution in [0.1, 0.15) is 25.0 Å². The van der Waals surface area contributed by atoms with Crippen LogP contribution in [0, 0.1) is 0 Å². The zero-order valence-electron chi connectivity index (χ0n) is 18.1. The van der Waals surface area contributed by atoms with Gasteiger partial charge in [0, 0.05) is 11.6 Å². The van der Waals surface area contributed by atoms with Crippen molar-refractivity contribution in [3.63, 3.8) is 0 Å². The van der Waals surface area contributed by atoms with Crippen molar-refractivity contribution in [3.05, 3.63) is 58.1 Å². The van der Waals surface area contributed by atoms with E-state index in [4.69, 9.17) is 21.1 Å². The minimum absolute atomic E-state index is 0.0621. The first-order chi connectivity index (χ1) is 15.1. The topological polar surface area (TPSA) is 102 Å². The fraction of sp³-hybridized carbons (Fsp3) is 0.273. The van der Waals surface area contributed by atoms with E-state index in [1.165, 1.54) is 33.3 Å². The average molecular weight is 479 g/mol. The van der Waals surface area contributed by atoms with Crippen LogP contribution in [-0.2, 0) is 26.0 Å². The van der Waals surface area contributed by atoms with Gasteiger partial charge >= 0.3 is 0 Å². The highest BCUT2D eigenvalue weighted by molar-refractivity contribution is 7.99. The Morgan fingerprint density at radius 3 is 2.28 bits per heavy atom. The first-order valence-corrected chi connectivity index (χ1v) is 11.5. The Labute approximate surface area is 191 Å². The molecule has 8 nitrogen and oxygen atoms in total. The number of sulfonamides is 1. The Bertz CT molecular complexity index is 1210. The van der Waals surface area contributed by atoms with Gasteiger partial charge in [-0.25, -0.2) is 12.7 Å². The highest BCUT2D eigenvalue weighted by Gasteiger charge is 2.43. The molecule has 170 valence electrons. The maximum Gasteiger partial charge on any atom is 0.268 e. The van der Waals surface area contributed by atoms with E-state index in [1.54, 1.807) is 12.1 Å². The number of carbonyl (C=O) groups excluding carboxylic acids is 2. The fourth-order valence-corrected chi connectivity index (χ4v) is 5.40. The number of anilines is 1. The number of hydrogen-bond acceptors (Lipinski definition) is 6. The standard InChI is InChI=1S/C22H23ClN2O6S/c1-5-14-6-8-15(9-7-14)21-13(2)22(27)25(32(21,28)29)12-20(26)24-17-10-16(23)18(30-3)11-19(17)31-4/h6-11H,5,12H2,1-4H3,(H,24,26). The van der Waals surface area contributed by atoms with Gasteiger partial charge in [0.1, 0.15) is 22.9 Å². The lowest BCUT2D eigenvalue weighted by Gasteiger charge is -2.18. The number of benzene rings is 2. The number of rotatable bonds is 7. The van der Waals surface area contributed by atoms with Crippen molar-refractivity contribution >= 4 is 44.0 Å². The van der Waals surface area contributed by atoms with Gasteiger partial charge < -0.3 is 14.8 Å². The van der Waals surface area contributed by atoms with Gasteiger partial charge in [0.25, 0.3) is 15.9 Å². The van der Waals surface area contributed by atoms with E-state index in [1.807, 2.05) is 19.1 Å². The zero-order valence-corrected chi connectivity index (χ0v) is 19.6. The van der Waals surface area contributed by atoms with E-state index in [2.05, 4.69) is 5.32 Å². The normalized spacial score (nSPS) is 15.2. The minimum Gasteiger partial charge on any atom is -0.495 e. The molecule has 1 aliphatic rings. The zero-order chi connectivity index (χ0) is 23.6. The molecule has 0 unspecified atom stereocenters. The number of hydrogen-bond donors (Lipinski definition) is 1. The van der Waals surface area contributed by atoms with Gasteiger partial charge in [0.15, 0.2) is 0 Å². The summed E-state index contributed by atoms with van der Waals surface area (Å²) >= 11 is 6.11.